The summed E-state index contributed by atoms with van der Waals surface area (Å²) in [7, 11) is 0. The second kappa shape index (κ2) is 6.16. The summed E-state index contributed by atoms with van der Waals surface area (Å²) in [6, 6.07) is 9.76. The van der Waals surface area contributed by atoms with Gasteiger partial charge in [0, 0.05) is 4.47 Å². The maximum Gasteiger partial charge on any atom is 0.307 e. The molecular formula is C14H13BrO2S. The van der Waals surface area contributed by atoms with E-state index in [2.05, 4.69) is 15.9 Å². The van der Waals surface area contributed by atoms with Crippen LogP contribution in [0.2, 0.25) is 0 Å². The molecule has 0 spiro atoms. The number of carboxylic acids is 1. The maximum atomic E-state index is 11.3. The molecule has 0 fully saturated rings. The van der Waals surface area contributed by atoms with Crippen LogP contribution in [0, 0.1) is 5.92 Å². The van der Waals surface area contributed by atoms with Crippen molar-refractivity contribution < 1.29 is 9.90 Å². The molecule has 0 radical (unpaired) electrons. The first-order valence-electron chi connectivity index (χ1n) is 5.64. The van der Waals surface area contributed by atoms with Crippen LogP contribution >= 0.6 is 27.3 Å². The van der Waals surface area contributed by atoms with Crippen LogP contribution in [0.25, 0.3) is 0 Å². The lowest BCUT2D eigenvalue weighted by atomic mass is 9.94. The number of carboxylic acid groups (broad SMARTS) is 1. The Balaban J connectivity index is 2.12. The summed E-state index contributed by atoms with van der Waals surface area (Å²) < 4.78 is 0.974. The number of halogens is 1. The van der Waals surface area contributed by atoms with Crippen molar-refractivity contribution in [3.05, 3.63) is 56.7 Å². The van der Waals surface area contributed by atoms with Crippen LogP contribution in [0.1, 0.15) is 11.1 Å². The van der Waals surface area contributed by atoms with Crippen molar-refractivity contribution in [2.75, 3.05) is 0 Å². The van der Waals surface area contributed by atoms with Gasteiger partial charge < -0.3 is 5.11 Å². The molecule has 1 aromatic heterocycles. The second-order valence-corrected chi connectivity index (χ2v) is 5.80. The molecule has 18 heavy (non-hydrogen) atoms. The molecule has 2 rings (SSSR count). The van der Waals surface area contributed by atoms with Crippen molar-refractivity contribution in [1.82, 2.24) is 0 Å². The minimum atomic E-state index is -0.739. The maximum absolute atomic E-state index is 11.3. The Morgan fingerprint density at radius 3 is 2.67 bits per heavy atom. The summed E-state index contributed by atoms with van der Waals surface area (Å²) in [5, 5.41) is 13.3. The third-order valence-corrected chi connectivity index (χ3v) is 4.34. The van der Waals surface area contributed by atoms with Gasteiger partial charge >= 0.3 is 5.97 Å². The molecule has 1 unspecified atom stereocenters. The van der Waals surface area contributed by atoms with Gasteiger partial charge in [-0.1, -0.05) is 34.1 Å². The van der Waals surface area contributed by atoms with Gasteiger partial charge in [-0.05, 0) is 46.9 Å². The molecule has 0 aliphatic carbocycles. The van der Waals surface area contributed by atoms with Gasteiger partial charge in [-0.2, -0.15) is 11.3 Å². The van der Waals surface area contributed by atoms with E-state index in [4.69, 9.17) is 0 Å². The quantitative estimate of drug-likeness (QED) is 0.902. The smallest absolute Gasteiger partial charge is 0.307 e. The van der Waals surface area contributed by atoms with E-state index in [1.807, 2.05) is 41.1 Å². The highest BCUT2D eigenvalue weighted by Crippen LogP contribution is 2.22. The number of aliphatic carboxylic acids is 1. The Kier molecular flexibility index (Phi) is 4.55. The Labute approximate surface area is 118 Å². The Morgan fingerprint density at radius 2 is 2.06 bits per heavy atom. The summed E-state index contributed by atoms with van der Waals surface area (Å²) in [6.45, 7) is 0. The molecule has 94 valence electrons. The van der Waals surface area contributed by atoms with Crippen LogP contribution in [0.15, 0.2) is 45.6 Å². The average molecular weight is 325 g/mol. The third kappa shape index (κ3) is 3.43. The summed E-state index contributed by atoms with van der Waals surface area (Å²) in [6.07, 6.45) is 1.13. The van der Waals surface area contributed by atoms with Crippen molar-refractivity contribution in [1.29, 1.82) is 0 Å². The highest BCUT2D eigenvalue weighted by Gasteiger charge is 2.19. The largest absolute Gasteiger partial charge is 0.481 e. The zero-order valence-electron chi connectivity index (χ0n) is 9.67. The van der Waals surface area contributed by atoms with E-state index in [0.29, 0.717) is 12.8 Å². The van der Waals surface area contributed by atoms with Crippen LogP contribution in [0.3, 0.4) is 0 Å². The number of carbonyl (C=O) groups is 1. The number of rotatable bonds is 5. The van der Waals surface area contributed by atoms with Gasteiger partial charge in [0.1, 0.15) is 0 Å². The highest BCUT2D eigenvalue weighted by molar-refractivity contribution is 9.10. The number of thiophene rings is 1. The Bertz CT molecular complexity index is 522. The van der Waals surface area contributed by atoms with Crippen molar-refractivity contribution in [3.63, 3.8) is 0 Å². The second-order valence-electron chi connectivity index (χ2n) is 4.17. The van der Waals surface area contributed by atoms with Gasteiger partial charge in [0.15, 0.2) is 0 Å². The summed E-state index contributed by atoms with van der Waals surface area (Å²) >= 11 is 5.06. The fourth-order valence-corrected chi connectivity index (χ4v) is 3.00. The molecule has 0 aliphatic heterocycles. The van der Waals surface area contributed by atoms with Crippen molar-refractivity contribution in [2.24, 2.45) is 5.92 Å². The van der Waals surface area contributed by atoms with Gasteiger partial charge in [-0.15, -0.1) is 0 Å². The minimum absolute atomic E-state index is 0.377. The number of benzene rings is 1. The molecule has 4 heteroatoms. The first-order chi connectivity index (χ1) is 8.66. The van der Waals surface area contributed by atoms with E-state index in [0.717, 1.165) is 15.6 Å². The molecule has 0 aliphatic rings. The number of hydrogen-bond acceptors (Lipinski definition) is 2. The third-order valence-electron chi connectivity index (χ3n) is 2.84. The van der Waals surface area contributed by atoms with E-state index in [-0.39, 0.29) is 5.92 Å². The fourth-order valence-electron chi connectivity index (χ4n) is 1.87. The van der Waals surface area contributed by atoms with Crippen LogP contribution in [-0.4, -0.2) is 11.1 Å². The minimum Gasteiger partial charge on any atom is -0.481 e. The average Bonchev–Trinajstić information content (AvgIpc) is 2.83. The van der Waals surface area contributed by atoms with E-state index in [1.54, 1.807) is 11.3 Å². The molecule has 1 aromatic carbocycles. The van der Waals surface area contributed by atoms with E-state index < -0.39 is 5.97 Å². The van der Waals surface area contributed by atoms with Crippen LogP contribution in [0.4, 0.5) is 0 Å². The molecule has 0 saturated heterocycles. The zero-order valence-corrected chi connectivity index (χ0v) is 12.1. The fraction of sp³-hybridized carbons (Fsp3) is 0.214. The molecule has 0 bridgehead atoms. The van der Waals surface area contributed by atoms with Crippen LogP contribution < -0.4 is 0 Å². The van der Waals surface area contributed by atoms with Crippen LogP contribution in [-0.2, 0) is 17.6 Å². The molecule has 2 nitrogen and oxygen atoms in total. The normalized spacial score (nSPS) is 12.3. The molecule has 1 N–H and O–H groups in total. The molecule has 1 heterocycles. The molecule has 0 saturated carbocycles. The van der Waals surface area contributed by atoms with Crippen LogP contribution in [0.5, 0.6) is 0 Å². The SMILES string of the molecule is O=C(O)C(Cc1ccsc1)Cc1ccccc1Br. The first-order valence-corrected chi connectivity index (χ1v) is 7.37. The predicted molar refractivity (Wildman–Crippen MR) is 77.0 cm³/mol. The zero-order chi connectivity index (χ0) is 13.0. The van der Waals surface area contributed by atoms with Crippen molar-refractivity contribution >= 4 is 33.2 Å². The van der Waals surface area contributed by atoms with Gasteiger partial charge in [0.2, 0.25) is 0 Å². The topological polar surface area (TPSA) is 37.3 Å². The monoisotopic (exact) mass is 324 g/mol. The van der Waals surface area contributed by atoms with Gasteiger partial charge in [0.25, 0.3) is 0 Å². The lowest BCUT2D eigenvalue weighted by Crippen LogP contribution is -2.19. The number of hydrogen-bond donors (Lipinski definition) is 1. The molecule has 1 atom stereocenters. The standard InChI is InChI=1S/C14H13BrO2S/c15-13-4-2-1-3-11(13)8-12(14(16)17)7-10-5-6-18-9-10/h1-6,9,12H,7-8H2,(H,16,17). The Morgan fingerprint density at radius 1 is 1.28 bits per heavy atom. The van der Waals surface area contributed by atoms with E-state index >= 15 is 0 Å². The highest BCUT2D eigenvalue weighted by atomic mass is 79.9. The van der Waals surface area contributed by atoms with Gasteiger partial charge in [-0.25, -0.2) is 0 Å². The summed E-state index contributed by atoms with van der Waals surface area (Å²) in [5.41, 5.74) is 2.14. The molecular weight excluding hydrogens is 312 g/mol. The lowest BCUT2D eigenvalue weighted by molar-refractivity contribution is -0.141. The Hall–Kier alpha value is -1.13. The van der Waals surface area contributed by atoms with Gasteiger partial charge in [-0.3, -0.25) is 4.79 Å². The van der Waals surface area contributed by atoms with Crippen molar-refractivity contribution in [2.45, 2.75) is 12.8 Å². The lowest BCUT2D eigenvalue weighted by Gasteiger charge is -2.12. The molecule has 0 amide bonds. The molecule has 2 aromatic rings. The predicted octanol–water partition coefficient (Wildman–Crippen LogP) is 4.00. The summed E-state index contributed by atoms with van der Waals surface area (Å²) in [5.74, 6) is -1.12. The van der Waals surface area contributed by atoms with E-state index in [1.165, 1.54) is 0 Å². The van der Waals surface area contributed by atoms with E-state index in [9.17, 15) is 9.90 Å². The van der Waals surface area contributed by atoms with Crippen molar-refractivity contribution in [3.8, 4) is 0 Å². The van der Waals surface area contributed by atoms with Gasteiger partial charge in [0.05, 0.1) is 5.92 Å². The first kappa shape index (κ1) is 13.3. The summed E-state index contributed by atoms with van der Waals surface area (Å²) in [4.78, 5) is 11.3.